The summed E-state index contributed by atoms with van der Waals surface area (Å²) in [5.74, 6) is 1.31. The molecule has 3 rings (SSSR count). The van der Waals surface area contributed by atoms with Crippen molar-refractivity contribution in [3.05, 3.63) is 42.9 Å². The third-order valence-electron chi connectivity index (χ3n) is 2.81. The van der Waals surface area contributed by atoms with Crippen molar-refractivity contribution in [2.75, 3.05) is 5.32 Å². The summed E-state index contributed by atoms with van der Waals surface area (Å²) in [7, 11) is 0. The normalized spacial score (nSPS) is 13.9. The number of anilines is 1. The second kappa shape index (κ2) is 5.06. The standard InChI is InChI=1S/C14H13N3O2/c18-14(10-4-5-10)17-11-2-1-3-12(8-11)19-13-9-15-6-7-16-13/h1-3,6-10H,4-5H2,(H,17,18). The van der Waals surface area contributed by atoms with E-state index in [0.29, 0.717) is 11.6 Å². The number of nitrogens with zero attached hydrogens (tertiary/aromatic N) is 2. The molecule has 0 aliphatic heterocycles. The Balaban J connectivity index is 1.70. The molecule has 0 atom stereocenters. The SMILES string of the molecule is O=C(Nc1cccc(Oc2cnccn2)c1)C1CC1. The van der Waals surface area contributed by atoms with Crippen LogP contribution in [0.25, 0.3) is 0 Å². The number of hydrogen-bond donors (Lipinski definition) is 1. The van der Waals surface area contributed by atoms with Gasteiger partial charge in [0, 0.05) is 30.1 Å². The summed E-state index contributed by atoms with van der Waals surface area (Å²) in [4.78, 5) is 19.6. The zero-order valence-electron chi connectivity index (χ0n) is 10.2. The Kier molecular flexibility index (Phi) is 3.10. The van der Waals surface area contributed by atoms with Gasteiger partial charge in [-0.3, -0.25) is 9.78 Å². The Morgan fingerprint density at radius 1 is 1.32 bits per heavy atom. The number of carbonyl (C=O) groups excluding carboxylic acids is 1. The van der Waals surface area contributed by atoms with Crippen LogP contribution in [0.5, 0.6) is 11.6 Å². The molecule has 1 fully saturated rings. The van der Waals surface area contributed by atoms with Gasteiger partial charge in [0.15, 0.2) is 0 Å². The second-order valence-electron chi connectivity index (χ2n) is 4.44. The Labute approximate surface area is 110 Å². The van der Waals surface area contributed by atoms with Crippen LogP contribution < -0.4 is 10.1 Å². The van der Waals surface area contributed by atoms with Gasteiger partial charge in [-0.05, 0) is 25.0 Å². The van der Waals surface area contributed by atoms with Crippen LogP contribution in [0.1, 0.15) is 12.8 Å². The van der Waals surface area contributed by atoms with E-state index in [1.165, 1.54) is 6.20 Å². The summed E-state index contributed by atoms with van der Waals surface area (Å²) < 4.78 is 5.55. The van der Waals surface area contributed by atoms with Crippen LogP contribution >= 0.6 is 0 Å². The molecule has 1 saturated carbocycles. The molecule has 1 aromatic carbocycles. The first kappa shape index (κ1) is 11.6. The zero-order chi connectivity index (χ0) is 13.1. The average molecular weight is 255 g/mol. The highest BCUT2D eigenvalue weighted by Gasteiger charge is 2.29. The minimum atomic E-state index is 0.0802. The minimum Gasteiger partial charge on any atom is -0.437 e. The third-order valence-corrected chi connectivity index (χ3v) is 2.81. The highest BCUT2D eigenvalue weighted by molar-refractivity contribution is 5.94. The van der Waals surface area contributed by atoms with E-state index < -0.39 is 0 Å². The fourth-order valence-electron chi connectivity index (χ4n) is 1.69. The molecule has 5 heteroatoms. The van der Waals surface area contributed by atoms with Crippen LogP contribution in [0.2, 0.25) is 0 Å². The first-order valence-electron chi connectivity index (χ1n) is 6.16. The topological polar surface area (TPSA) is 64.1 Å². The minimum absolute atomic E-state index is 0.0802. The maximum absolute atomic E-state index is 11.7. The van der Waals surface area contributed by atoms with Crippen LogP contribution in [0, 0.1) is 5.92 Å². The van der Waals surface area contributed by atoms with E-state index in [4.69, 9.17) is 4.74 Å². The van der Waals surface area contributed by atoms with Gasteiger partial charge in [0.25, 0.3) is 0 Å². The molecule has 1 aromatic heterocycles. The zero-order valence-corrected chi connectivity index (χ0v) is 10.2. The molecule has 1 aliphatic carbocycles. The number of rotatable bonds is 4. The Morgan fingerprint density at radius 3 is 2.95 bits per heavy atom. The number of benzene rings is 1. The van der Waals surface area contributed by atoms with Gasteiger partial charge in [0.05, 0.1) is 6.20 Å². The van der Waals surface area contributed by atoms with E-state index >= 15 is 0 Å². The van der Waals surface area contributed by atoms with Crippen molar-refractivity contribution in [3.8, 4) is 11.6 Å². The van der Waals surface area contributed by atoms with Crippen LogP contribution in [0.3, 0.4) is 0 Å². The van der Waals surface area contributed by atoms with E-state index in [1.54, 1.807) is 18.5 Å². The van der Waals surface area contributed by atoms with Crippen molar-refractivity contribution >= 4 is 11.6 Å². The molecule has 1 aliphatic rings. The number of amides is 1. The van der Waals surface area contributed by atoms with Gasteiger partial charge in [0.2, 0.25) is 11.8 Å². The second-order valence-corrected chi connectivity index (χ2v) is 4.44. The summed E-state index contributed by atoms with van der Waals surface area (Å²) >= 11 is 0. The first-order chi connectivity index (χ1) is 9.31. The van der Waals surface area contributed by atoms with Crippen molar-refractivity contribution in [2.45, 2.75) is 12.8 Å². The Morgan fingerprint density at radius 2 is 2.21 bits per heavy atom. The van der Waals surface area contributed by atoms with E-state index in [-0.39, 0.29) is 11.8 Å². The first-order valence-corrected chi connectivity index (χ1v) is 6.16. The number of aromatic nitrogens is 2. The molecule has 0 saturated heterocycles. The molecule has 5 nitrogen and oxygen atoms in total. The van der Waals surface area contributed by atoms with Crippen molar-refractivity contribution in [3.63, 3.8) is 0 Å². The Bertz CT molecular complexity index is 582. The van der Waals surface area contributed by atoms with Crippen molar-refractivity contribution in [2.24, 2.45) is 5.92 Å². The van der Waals surface area contributed by atoms with Crippen LogP contribution in [-0.4, -0.2) is 15.9 Å². The quantitative estimate of drug-likeness (QED) is 0.912. The van der Waals surface area contributed by atoms with Gasteiger partial charge >= 0.3 is 0 Å². The lowest BCUT2D eigenvalue weighted by atomic mass is 10.3. The third kappa shape index (κ3) is 3.07. The molecule has 19 heavy (non-hydrogen) atoms. The predicted octanol–water partition coefficient (Wildman–Crippen LogP) is 2.62. The predicted molar refractivity (Wildman–Crippen MR) is 69.9 cm³/mol. The molecule has 0 radical (unpaired) electrons. The lowest BCUT2D eigenvalue weighted by Crippen LogP contribution is -2.13. The molecule has 1 N–H and O–H groups in total. The highest BCUT2D eigenvalue weighted by atomic mass is 16.5. The number of nitrogens with one attached hydrogen (secondary N) is 1. The number of ether oxygens (including phenoxy) is 1. The van der Waals surface area contributed by atoms with E-state index in [0.717, 1.165) is 18.5 Å². The molecule has 0 unspecified atom stereocenters. The van der Waals surface area contributed by atoms with Gasteiger partial charge < -0.3 is 10.1 Å². The van der Waals surface area contributed by atoms with Crippen LogP contribution in [0.15, 0.2) is 42.9 Å². The maximum Gasteiger partial charge on any atom is 0.237 e. The van der Waals surface area contributed by atoms with E-state index in [2.05, 4.69) is 15.3 Å². The fraction of sp³-hybridized carbons (Fsp3) is 0.214. The number of carbonyl (C=O) groups is 1. The average Bonchev–Trinajstić information content (AvgIpc) is 3.24. The lowest BCUT2D eigenvalue weighted by Gasteiger charge is -2.07. The van der Waals surface area contributed by atoms with E-state index in [1.807, 2.05) is 18.2 Å². The summed E-state index contributed by atoms with van der Waals surface area (Å²) in [5.41, 5.74) is 0.735. The van der Waals surface area contributed by atoms with Gasteiger partial charge in [-0.15, -0.1) is 0 Å². The van der Waals surface area contributed by atoms with Crippen molar-refractivity contribution in [1.29, 1.82) is 0 Å². The summed E-state index contributed by atoms with van der Waals surface area (Å²) in [6.45, 7) is 0. The maximum atomic E-state index is 11.7. The molecule has 0 spiro atoms. The fourth-order valence-corrected chi connectivity index (χ4v) is 1.69. The summed E-state index contributed by atoms with van der Waals surface area (Å²) in [6, 6.07) is 7.24. The molecule has 1 amide bonds. The number of hydrogen-bond acceptors (Lipinski definition) is 4. The van der Waals surface area contributed by atoms with Crippen molar-refractivity contribution < 1.29 is 9.53 Å². The molecule has 96 valence electrons. The monoisotopic (exact) mass is 255 g/mol. The summed E-state index contributed by atoms with van der Waals surface area (Å²) in [6.07, 6.45) is 6.66. The van der Waals surface area contributed by atoms with Crippen LogP contribution in [-0.2, 0) is 4.79 Å². The van der Waals surface area contributed by atoms with Gasteiger partial charge in [-0.1, -0.05) is 6.07 Å². The molecular formula is C14H13N3O2. The van der Waals surface area contributed by atoms with Crippen molar-refractivity contribution in [1.82, 2.24) is 9.97 Å². The highest BCUT2D eigenvalue weighted by Crippen LogP contribution is 2.30. The smallest absolute Gasteiger partial charge is 0.237 e. The van der Waals surface area contributed by atoms with Gasteiger partial charge in [-0.25, -0.2) is 4.98 Å². The van der Waals surface area contributed by atoms with Gasteiger partial charge in [0.1, 0.15) is 5.75 Å². The van der Waals surface area contributed by atoms with Crippen LogP contribution in [0.4, 0.5) is 5.69 Å². The Hall–Kier alpha value is -2.43. The van der Waals surface area contributed by atoms with Gasteiger partial charge in [-0.2, -0.15) is 0 Å². The lowest BCUT2D eigenvalue weighted by molar-refractivity contribution is -0.117. The molecule has 2 aromatic rings. The largest absolute Gasteiger partial charge is 0.437 e. The molecule has 1 heterocycles. The summed E-state index contributed by atoms with van der Waals surface area (Å²) in [5, 5.41) is 2.88. The van der Waals surface area contributed by atoms with E-state index in [9.17, 15) is 4.79 Å². The molecular weight excluding hydrogens is 242 g/mol. The molecule has 0 bridgehead atoms.